The zero-order valence-electron chi connectivity index (χ0n) is 4.23. The SMILES string of the molecule is O=C(Cl)Cl.O=C=CCCl. The Morgan fingerprint density at radius 1 is 1.56 bits per heavy atom. The van der Waals surface area contributed by atoms with E-state index in [1.54, 1.807) is 0 Å². The third-order valence-corrected chi connectivity index (χ3v) is 0.315. The minimum absolute atomic E-state index is 0.267. The first-order chi connectivity index (χ1) is 4.15. The van der Waals surface area contributed by atoms with Gasteiger partial charge < -0.3 is 0 Å². The van der Waals surface area contributed by atoms with Gasteiger partial charge in [-0.15, -0.1) is 11.6 Å². The Bertz CT molecular complexity index is 113. The molecule has 0 aromatic rings. The monoisotopic (exact) mass is 188 g/mol. The first-order valence-electron chi connectivity index (χ1n) is 1.75. The van der Waals surface area contributed by atoms with Gasteiger partial charge in [0, 0.05) is 6.08 Å². The average Bonchev–Trinajstić information content (AvgIpc) is 1.66. The molecule has 0 unspecified atom stereocenters. The number of hydrogen-bond donors (Lipinski definition) is 0. The van der Waals surface area contributed by atoms with Crippen LogP contribution in [0.4, 0.5) is 4.79 Å². The highest BCUT2D eigenvalue weighted by Gasteiger charge is 1.72. The van der Waals surface area contributed by atoms with Crippen LogP contribution in [0.2, 0.25) is 0 Å². The van der Waals surface area contributed by atoms with Gasteiger partial charge in [-0.3, -0.25) is 4.79 Å². The third-order valence-electron chi connectivity index (χ3n) is 0.160. The summed E-state index contributed by atoms with van der Waals surface area (Å²) in [6.07, 6.45) is 1.21. The van der Waals surface area contributed by atoms with Crippen molar-refractivity contribution >= 4 is 45.4 Å². The number of alkyl halides is 1. The first-order valence-corrected chi connectivity index (χ1v) is 3.04. The summed E-state index contributed by atoms with van der Waals surface area (Å²) in [7, 11) is 0. The highest BCUT2D eigenvalue weighted by Crippen LogP contribution is 1.84. The van der Waals surface area contributed by atoms with Gasteiger partial charge in [0.25, 0.3) is 0 Å². The third kappa shape index (κ3) is 72.4. The number of rotatable bonds is 1. The molecule has 0 saturated carbocycles. The van der Waals surface area contributed by atoms with Crippen molar-refractivity contribution in [2.75, 3.05) is 5.88 Å². The Hall–Kier alpha value is -0.0100. The Balaban J connectivity index is 0. The Labute approximate surface area is 67.4 Å². The Morgan fingerprint density at radius 2 is 1.89 bits per heavy atom. The number of allylic oxidation sites excluding steroid dienone is 1. The van der Waals surface area contributed by atoms with Crippen LogP contribution < -0.4 is 0 Å². The molecule has 0 aromatic heterocycles. The minimum atomic E-state index is -0.889. The maximum atomic E-state index is 9.14. The summed E-state index contributed by atoms with van der Waals surface area (Å²) < 4.78 is -0.889. The maximum absolute atomic E-state index is 9.14. The molecule has 0 heterocycles. The van der Waals surface area contributed by atoms with E-state index in [1.165, 1.54) is 12.0 Å². The van der Waals surface area contributed by atoms with Crippen LogP contribution in [0.5, 0.6) is 0 Å². The predicted octanol–water partition coefficient (Wildman–Crippen LogP) is 2.20. The van der Waals surface area contributed by atoms with E-state index >= 15 is 0 Å². The van der Waals surface area contributed by atoms with Gasteiger partial charge in [0.15, 0.2) is 0 Å². The van der Waals surface area contributed by atoms with Crippen LogP contribution in [-0.2, 0) is 4.79 Å². The molecule has 0 fully saturated rings. The molecule has 9 heavy (non-hydrogen) atoms. The summed E-state index contributed by atoms with van der Waals surface area (Å²) in [6.45, 7) is 0. The second kappa shape index (κ2) is 10.9. The topological polar surface area (TPSA) is 34.1 Å². The van der Waals surface area contributed by atoms with Crippen LogP contribution in [0.3, 0.4) is 0 Å². The molecule has 0 rings (SSSR count). The number of carbonyl (C=O) groups excluding carboxylic acids is 2. The number of halogens is 3. The van der Waals surface area contributed by atoms with Crippen molar-refractivity contribution in [2.24, 2.45) is 0 Å². The van der Waals surface area contributed by atoms with E-state index in [0.29, 0.717) is 0 Å². The fourth-order valence-corrected chi connectivity index (χ4v) is 0.0945. The van der Waals surface area contributed by atoms with Crippen LogP contribution in [0.15, 0.2) is 6.08 Å². The molecule has 0 amide bonds. The number of carbonyl (C=O) groups is 1. The molecule has 5 heteroatoms. The van der Waals surface area contributed by atoms with Crippen molar-refractivity contribution in [3.05, 3.63) is 6.08 Å². The largest absolute Gasteiger partial charge is 0.313 e. The number of hydrogen-bond acceptors (Lipinski definition) is 2. The smallest absolute Gasteiger partial charge is 0.262 e. The standard InChI is InChI=1S/C3H3ClO.CCl2O/c4-2-1-3-5;2-1(3)4/h1H,2H2;. The fourth-order valence-electron chi connectivity index (χ4n) is 0.0315. The fraction of sp³-hybridized carbons (Fsp3) is 0.250. The zero-order chi connectivity index (χ0) is 7.70. The van der Waals surface area contributed by atoms with E-state index in [4.69, 9.17) is 21.2 Å². The quantitative estimate of drug-likeness (QED) is 0.360. The van der Waals surface area contributed by atoms with E-state index in [2.05, 4.69) is 23.2 Å². The van der Waals surface area contributed by atoms with Crippen LogP contribution in [-0.4, -0.2) is 16.5 Å². The molecule has 52 valence electrons. The molecule has 0 bridgehead atoms. The lowest BCUT2D eigenvalue weighted by Gasteiger charge is -1.53. The zero-order valence-corrected chi connectivity index (χ0v) is 6.50. The Morgan fingerprint density at radius 3 is 1.89 bits per heavy atom. The van der Waals surface area contributed by atoms with Crippen molar-refractivity contribution < 1.29 is 9.59 Å². The molecular weight excluding hydrogens is 186 g/mol. The molecule has 0 N–H and O–H groups in total. The van der Waals surface area contributed by atoms with Crippen molar-refractivity contribution in [3.63, 3.8) is 0 Å². The summed E-state index contributed by atoms with van der Waals surface area (Å²) in [5, 5.41) is 0. The lowest BCUT2D eigenvalue weighted by Crippen LogP contribution is -1.53. The molecule has 2 nitrogen and oxygen atoms in total. The van der Waals surface area contributed by atoms with E-state index in [1.807, 2.05) is 0 Å². The van der Waals surface area contributed by atoms with E-state index in [-0.39, 0.29) is 5.88 Å². The summed E-state index contributed by atoms with van der Waals surface area (Å²) in [6, 6.07) is 0. The van der Waals surface area contributed by atoms with Gasteiger partial charge in [-0.2, -0.15) is 0 Å². The first kappa shape index (κ1) is 11.7. The van der Waals surface area contributed by atoms with Crippen molar-refractivity contribution in [3.8, 4) is 0 Å². The summed E-state index contributed by atoms with van der Waals surface area (Å²) in [4.78, 5) is 18.1. The van der Waals surface area contributed by atoms with E-state index in [9.17, 15) is 0 Å². The van der Waals surface area contributed by atoms with Crippen LogP contribution >= 0.6 is 34.8 Å². The van der Waals surface area contributed by atoms with Crippen LogP contribution in [0.1, 0.15) is 0 Å². The molecule has 0 aliphatic heterocycles. The predicted molar refractivity (Wildman–Crippen MR) is 38.1 cm³/mol. The molecule has 0 aliphatic carbocycles. The highest BCUT2D eigenvalue weighted by atomic mass is 35.5. The van der Waals surface area contributed by atoms with Crippen molar-refractivity contribution in [1.82, 2.24) is 0 Å². The van der Waals surface area contributed by atoms with Gasteiger partial charge in [0.1, 0.15) is 5.94 Å². The lowest BCUT2D eigenvalue weighted by molar-refractivity contribution is 0.275. The van der Waals surface area contributed by atoms with Crippen molar-refractivity contribution in [2.45, 2.75) is 0 Å². The van der Waals surface area contributed by atoms with E-state index in [0.717, 1.165) is 0 Å². The van der Waals surface area contributed by atoms with Gasteiger partial charge in [0.2, 0.25) is 0 Å². The van der Waals surface area contributed by atoms with Gasteiger partial charge in [-0.1, -0.05) is 0 Å². The van der Waals surface area contributed by atoms with Gasteiger partial charge in [0.05, 0.1) is 5.88 Å². The van der Waals surface area contributed by atoms with Crippen LogP contribution in [0.25, 0.3) is 0 Å². The molecule has 0 radical (unpaired) electrons. The molecule has 0 saturated heterocycles. The molecule has 0 aromatic carbocycles. The average molecular weight is 189 g/mol. The second-order valence-corrected chi connectivity index (χ2v) is 1.89. The van der Waals surface area contributed by atoms with Crippen LogP contribution in [0, 0.1) is 0 Å². The molecule has 0 atom stereocenters. The molecule has 0 aliphatic rings. The maximum Gasteiger partial charge on any atom is 0.313 e. The molecular formula is C4H3Cl3O2. The second-order valence-electron chi connectivity index (χ2n) is 0.702. The Kier molecular flexibility index (Phi) is 14.2. The van der Waals surface area contributed by atoms with E-state index < -0.39 is 4.70 Å². The normalized spacial score (nSPS) is 6.11. The van der Waals surface area contributed by atoms with Gasteiger partial charge >= 0.3 is 4.70 Å². The summed E-state index contributed by atoms with van der Waals surface area (Å²) >= 11 is 13.8. The lowest BCUT2D eigenvalue weighted by atomic mass is 10.8. The molecule has 0 spiro atoms. The van der Waals surface area contributed by atoms with Gasteiger partial charge in [-0.25, -0.2) is 4.79 Å². The minimum Gasteiger partial charge on any atom is -0.262 e. The summed E-state index contributed by atoms with van der Waals surface area (Å²) in [5.41, 5.74) is 0. The highest BCUT2D eigenvalue weighted by molar-refractivity contribution is 6.93. The van der Waals surface area contributed by atoms with Crippen molar-refractivity contribution in [1.29, 1.82) is 0 Å². The van der Waals surface area contributed by atoms with Gasteiger partial charge in [-0.05, 0) is 23.2 Å². The summed E-state index contributed by atoms with van der Waals surface area (Å²) in [5.74, 6) is 1.78.